The minimum atomic E-state index is 0.272. The van der Waals surface area contributed by atoms with Crippen LogP contribution >= 0.6 is 11.8 Å². The van der Waals surface area contributed by atoms with E-state index < -0.39 is 0 Å². The highest BCUT2D eigenvalue weighted by atomic mass is 32.2. The molecule has 2 nitrogen and oxygen atoms in total. The fourth-order valence-electron chi connectivity index (χ4n) is 1.34. The van der Waals surface area contributed by atoms with Crippen molar-refractivity contribution in [2.24, 2.45) is 0 Å². The number of β-lactam (4-membered cyclic amide) rings is 1. The molecule has 1 amide bonds. The molecule has 3 heteroatoms. The number of hydrogen-bond acceptors (Lipinski definition) is 2. The first-order valence-corrected chi connectivity index (χ1v) is 4.77. The van der Waals surface area contributed by atoms with Crippen molar-refractivity contribution in [2.75, 3.05) is 0 Å². The lowest BCUT2D eigenvalue weighted by Gasteiger charge is -2.42. The van der Waals surface area contributed by atoms with Gasteiger partial charge in [-0.3, -0.25) is 4.79 Å². The summed E-state index contributed by atoms with van der Waals surface area (Å²) in [6, 6.07) is 0. The summed E-state index contributed by atoms with van der Waals surface area (Å²) in [6.07, 6.45) is 2.73. The molecule has 0 aromatic heterocycles. The highest BCUT2D eigenvalue weighted by molar-refractivity contribution is 8.00. The molecule has 11 heavy (non-hydrogen) atoms. The maximum atomic E-state index is 11.0. The molecule has 0 spiro atoms. The maximum absolute atomic E-state index is 11.0. The number of thioether (sulfide) groups is 1. The van der Waals surface area contributed by atoms with Gasteiger partial charge in [-0.2, -0.15) is 0 Å². The normalized spacial score (nSPS) is 36.0. The van der Waals surface area contributed by atoms with Gasteiger partial charge in [-0.15, -0.1) is 11.8 Å². The van der Waals surface area contributed by atoms with Crippen LogP contribution in [0.5, 0.6) is 0 Å². The fourth-order valence-corrected chi connectivity index (χ4v) is 2.63. The first kappa shape index (κ1) is 7.22. The van der Waals surface area contributed by atoms with Crippen LogP contribution in [0.1, 0.15) is 20.3 Å². The standard InChI is InChI=1S/C8H11NOS/c1-5-4-9-7(10)3-8(9)11-6(5)2/h4,6,8H,3H2,1-2H3/t6?,8-/m1/s1. The van der Waals surface area contributed by atoms with Crippen LogP contribution in [-0.4, -0.2) is 21.4 Å². The lowest BCUT2D eigenvalue weighted by molar-refractivity contribution is -0.137. The van der Waals surface area contributed by atoms with Gasteiger partial charge in [0.25, 0.3) is 0 Å². The molecule has 1 saturated heterocycles. The minimum Gasteiger partial charge on any atom is -0.306 e. The van der Waals surface area contributed by atoms with E-state index in [1.165, 1.54) is 5.57 Å². The van der Waals surface area contributed by atoms with Crippen LogP contribution in [-0.2, 0) is 4.79 Å². The van der Waals surface area contributed by atoms with Gasteiger partial charge >= 0.3 is 0 Å². The van der Waals surface area contributed by atoms with Gasteiger partial charge in [0.1, 0.15) is 0 Å². The van der Waals surface area contributed by atoms with Gasteiger partial charge in [0.15, 0.2) is 0 Å². The van der Waals surface area contributed by atoms with Crippen LogP contribution in [0.25, 0.3) is 0 Å². The molecule has 0 radical (unpaired) electrons. The Morgan fingerprint density at radius 1 is 1.73 bits per heavy atom. The number of hydrogen-bond donors (Lipinski definition) is 0. The largest absolute Gasteiger partial charge is 0.306 e. The second-order valence-electron chi connectivity index (χ2n) is 3.11. The third-order valence-electron chi connectivity index (χ3n) is 2.29. The van der Waals surface area contributed by atoms with Crippen LogP contribution in [0.15, 0.2) is 11.8 Å². The molecule has 0 aromatic rings. The van der Waals surface area contributed by atoms with Crippen LogP contribution in [0.4, 0.5) is 0 Å². The Balaban J connectivity index is 2.21. The van der Waals surface area contributed by atoms with Crippen molar-refractivity contribution >= 4 is 17.7 Å². The average molecular weight is 169 g/mol. The van der Waals surface area contributed by atoms with E-state index in [4.69, 9.17) is 0 Å². The summed E-state index contributed by atoms with van der Waals surface area (Å²) in [6.45, 7) is 4.27. The van der Waals surface area contributed by atoms with Crippen LogP contribution < -0.4 is 0 Å². The summed E-state index contributed by atoms with van der Waals surface area (Å²) in [5.41, 5.74) is 1.30. The highest BCUT2D eigenvalue weighted by Gasteiger charge is 2.39. The number of fused-ring (bicyclic) bond motifs is 1. The molecule has 60 valence electrons. The Labute approximate surface area is 70.6 Å². The number of rotatable bonds is 0. The van der Waals surface area contributed by atoms with Crippen molar-refractivity contribution in [3.63, 3.8) is 0 Å². The lowest BCUT2D eigenvalue weighted by atomic mass is 10.1. The Kier molecular flexibility index (Phi) is 1.49. The van der Waals surface area contributed by atoms with Gasteiger partial charge in [0, 0.05) is 11.4 Å². The van der Waals surface area contributed by atoms with Crippen molar-refractivity contribution in [2.45, 2.75) is 30.9 Å². The number of nitrogens with zero attached hydrogens (tertiary/aromatic N) is 1. The average Bonchev–Trinajstić information content (AvgIpc) is 1.97. The summed E-state index contributed by atoms with van der Waals surface area (Å²) >= 11 is 1.88. The fraction of sp³-hybridized carbons (Fsp3) is 0.625. The molecule has 1 fully saturated rings. The predicted octanol–water partition coefficient (Wildman–Crippen LogP) is 1.58. The number of carbonyl (C=O) groups is 1. The van der Waals surface area contributed by atoms with E-state index in [1.807, 2.05) is 22.9 Å². The monoisotopic (exact) mass is 169 g/mol. The third-order valence-corrected chi connectivity index (χ3v) is 3.78. The van der Waals surface area contributed by atoms with E-state index in [9.17, 15) is 4.79 Å². The van der Waals surface area contributed by atoms with Crippen LogP contribution in [0, 0.1) is 0 Å². The van der Waals surface area contributed by atoms with Crippen molar-refractivity contribution in [1.82, 2.24) is 4.90 Å². The van der Waals surface area contributed by atoms with Gasteiger partial charge in [0.05, 0.1) is 11.8 Å². The van der Waals surface area contributed by atoms with E-state index in [2.05, 4.69) is 13.8 Å². The zero-order chi connectivity index (χ0) is 8.01. The van der Waals surface area contributed by atoms with Gasteiger partial charge in [-0.05, 0) is 19.4 Å². The maximum Gasteiger partial charge on any atom is 0.230 e. The van der Waals surface area contributed by atoms with E-state index in [-0.39, 0.29) is 5.91 Å². The van der Waals surface area contributed by atoms with E-state index in [0.29, 0.717) is 10.6 Å². The quantitative estimate of drug-likeness (QED) is 0.513. The zero-order valence-electron chi connectivity index (χ0n) is 6.70. The van der Waals surface area contributed by atoms with Crippen LogP contribution in [0.2, 0.25) is 0 Å². The van der Waals surface area contributed by atoms with Gasteiger partial charge in [-0.25, -0.2) is 0 Å². The van der Waals surface area contributed by atoms with Gasteiger partial charge in [0.2, 0.25) is 5.91 Å². The minimum absolute atomic E-state index is 0.272. The molecule has 0 bridgehead atoms. The summed E-state index contributed by atoms with van der Waals surface area (Å²) in [4.78, 5) is 12.8. The Bertz CT molecular complexity index is 236. The van der Waals surface area contributed by atoms with Gasteiger partial charge < -0.3 is 4.90 Å². The second-order valence-corrected chi connectivity index (χ2v) is 4.63. The van der Waals surface area contributed by atoms with Crippen molar-refractivity contribution in [1.29, 1.82) is 0 Å². The SMILES string of the molecule is CC1=CN2C(=O)C[C@H]2SC1C. The molecule has 2 atom stereocenters. The zero-order valence-corrected chi connectivity index (χ0v) is 7.52. The molecule has 0 saturated carbocycles. The number of carbonyl (C=O) groups excluding carboxylic acids is 1. The van der Waals surface area contributed by atoms with E-state index in [0.717, 1.165) is 6.42 Å². The Morgan fingerprint density at radius 2 is 2.45 bits per heavy atom. The first-order valence-electron chi connectivity index (χ1n) is 3.83. The molecule has 2 rings (SSSR count). The molecular weight excluding hydrogens is 158 g/mol. The smallest absolute Gasteiger partial charge is 0.230 e. The molecule has 2 aliphatic heterocycles. The van der Waals surface area contributed by atoms with Crippen molar-refractivity contribution in [3.05, 3.63) is 11.8 Å². The second kappa shape index (κ2) is 2.27. The summed E-state index contributed by atoms with van der Waals surface area (Å²) in [7, 11) is 0. The summed E-state index contributed by atoms with van der Waals surface area (Å²) in [5, 5.41) is 1.03. The Morgan fingerprint density at radius 3 is 3.09 bits per heavy atom. The highest BCUT2D eigenvalue weighted by Crippen LogP contribution is 2.39. The van der Waals surface area contributed by atoms with Crippen molar-refractivity contribution < 1.29 is 4.79 Å². The molecule has 1 unspecified atom stereocenters. The molecular formula is C8H11NOS. The summed E-state index contributed by atoms with van der Waals surface area (Å²) in [5.74, 6) is 0.272. The molecule has 2 aliphatic rings. The van der Waals surface area contributed by atoms with E-state index >= 15 is 0 Å². The van der Waals surface area contributed by atoms with Crippen molar-refractivity contribution in [3.8, 4) is 0 Å². The predicted molar refractivity (Wildman–Crippen MR) is 46.1 cm³/mol. The molecule has 0 aromatic carbocycles. The first-order chi connectivity index (χ1) is 5.18. The molecule has 0 N–H and O–H groups in total. The molecule has 0 aliphatic carbocycles. The molecule has 2 heterocycles. The summed E-state index contributed by atoms with van der Waals surface area (Å²) < 4.78 is 0. The third kappa shape index (κ3) is 0.984. The Hall–Kier alpha value is -0.440. The van der Waals surface area contributed by atoms with Crippen LogP contribution in [0.3, 0.4) is 0 Å². The van der Waals surface area contributed by atoms with Gasteiger partial charge in [-0.1, -0.05) is 0 Å². The lowest BCUT2D eigenvalue weighted by Crippen LogP contribution is -2.50. The number of amides is 1. The topological polar surface area (TPSA) is 20.3 Å². The van der Waals surface area contributed by atoms with E-state index in [1.54, 1.807) is 0 Å².